The van der Waals surface area contributed by atoms with Crippen molar-refractivity contribution in [3.63, 3.8) is 0 Å². The van der Waals surface area contributed by atoms with Gasteiger partial charge in [0, 0.05) is 11.9 Å². The number of carbonyl (C=O) groups excluding carboxylic acids is 2. The van der Waals surface area contributed by atoms with Crippen molar-refractivity contribution in [1.29, 1.82) is 0 Å². The number of hydrogen-bond acceptors (Lipinski definition) is 4. The number of carbonyl (C=O) groups is 2. The number of ketones is 1. The van der Waals surface area contributed by atoms with Gasteiger partial charge in [0.15, 0.2) is 0 Å². The lowest BCUT2D eigenvalue weighted by Gasteiger charge is -2.07. The summed E-state index contributed by atoms with van der Waals surface area (Å²) in [5.74, 6) is -1.44. The number of aryl methyl sites for hydroxylation is 2. The number of benzene rings is 1. The highest BCUT2D eigenvalue weighted by Crippen LogP contribution is 2.32. The first-order valence-corrected chi connectivity index (χ1v) is 6.55. The number of aromatic nitrogens is 1. The minimum absolute atomic E-state index is 0.102. The van der Waals surface area contributed by atoms with Crippen LogP contribution < -0.4 is 0 Å². The first kappa shape index (κ1) is 14.1. The lowest BCUT2D eigenvalue weighted by molar-refractivity contribution is -0.137. The maximum atomic E-state index is 12.2. The van der Waals surface area contributed by atoms with Crippen LogP contribution in [0.2, 0.25) is 0 Å². The van der Waals surface area contributed by atoms with Gasteiger partial charge in [-0.25, -0.2) is 4.79 Å². The molecule has 1 aromatic heterocycles. The van der Waals surface area contributed by atoms with Gasteiger partial charge in [0.05, 0.1) is 12.1 Å². The average molecular weight is 275 g/mol. The van der Waals surface area contributed by atoms with E-state index >= 15 is 0 Å². The Labute approximate surface area is 116 Å². The molecule has 5 nitrogen and oxygen atoms in total. The van der Waals surface area contributed by atoms with E-state index in [-0.39, 0.29) is 18.1 Å². The summed E-state index contributed by atoms with van der Waals surface area (Å²) in [5, 5.41) is 10.6. The van der Waals surface area contributed by atoms with E-state index < -0.39 is 11.8 Å². The number of rotatable bonds is 4. The van der Waals surface area contributed by atoms with Crippen molar-refractivity contribution in [2.45, 2.75) is 27.3 Å². The van der Waals surface area contributed by atoms with E-state index in [1.807, 2.05) is 13.0 Å². The van der Waals surface area contributed by atoms with Gasteiger partial charge in [0.2, 0.25) is 0 Å². The second-order valence-corrected chi connectivity index (χ2v) is 4.44. The van der Waals surface area contributed by atoms with E-state index in [0.717, 1.165) is 5.52 Å². The maximum Gasteiger partial charge on any atom is 0.381 e. The van der Waals surface area contributed by atoms with Crippen LogP contribution in [0, 0.1) is 6.92 Å². The zero-order valence-corrected chi connectivity index (χ0v) is 11.8. The standard InChI is InChI=1S/C15H17NO4/c1-4-16-10-7-6-8-11(17)12(10)9(3)13(16)14(18)15(19)20-5-2/h6-8,17H,4-5H2,1-3H3. The molecule has 0 aliphatic carbocycles. The number of phenolic OH excluding ortho intramolecular Hbond substituents is 1. The Hall–Kier alpha value is -2.30. The molecular weight excluding hydrogens is 258 g/mol. The molecular formula is C15H17NO4. The number of Topliss-reactive ketones (excluding diaryl/α,β-unsaturated/α-hetero) is 1. The third kappa shape index (κ3) is 2.05. The van der Waals surface area contributed by atoms with E-state index in [1.165, 1.54) is 0 Å². The first-order chi connectivity index (χ1) is 9.52. The third-order valence-electron chi connectivity index (χ3n) is 3.30. The van der Waals surface area contributed by atoms with Crippen molar-refractivity contribution >= 4 is 22.7 Å². The highest BCUT2D eigenvalue weighted by Gasteiger charge is 2.26. The summed E-state index contributed by atoms with van der Waals surface area (Å²) in [7, 11) is 0. The number of hydrogen-bond donors (Lipinski definition) is 1. The maximum absolute atomic E-state index is 12.2. The molecule has 1 heterocycles. The summed E-state index contributed by atoms with van der Waals surface area (Å²) < 4.78 is 6.50. The van der Waals surface area contributed by atoms with Crippen LogP contribution >= 0.6 is 0 Å². The SMILES string of the molecule is CCOC(=O)C(=O)c1c(C)c2c(O)cccc2n1CC. The van der Waals surface area contributed by atoms with Crippen molar-refractivity contribution < 1.29 is 19.4 Å². The first-order valence-electron chi connectivity index (χ1n) is 6.55. The smallest absolute Gasteiger partial charge is 0.381 e. The molecule has 5 heteroatoms. The molecule has 0 fully saturated rings. The van der Waals surface area contributed by atoms with Crippen molar-refractivity contribution in [3.05, 3.63) is 29.5 Å². The lowest BCUT2D eigenvalue weighted by atomic mass is 10.1. The van der Waals surface area contributed by atoms with Crippen LogP contribution in [0.5, 0.6) is 5.75 Å². The molecule has 0 atom stereocenters. The van der Waals surface area contributed by atoms with Gasteiger partial charge in [-0.3, -0.25) is 4.79 Å². The Kier molecular flexibility index (Phi) is 3.79. The van der Waals surface area contributed by atoms with E-state index in [0.29, 0.717) is 17.5 Å². The topological polar surface area (TPSA) is 68.5 Å². The fourth-order valence-electron chi connectivity index (χ4n) is 2.49. The number of nitrogens with zero attached hydrogens (tertiary/aromatic N) is 1. The molecule has 106 valence electrons. The molecule has 1 aromatic carbocycles. The van der Waals surface area contributed by atoms with Crippen LogP contribution in [0.4, 0.5) is 0 Å². The second kappa shape index (κ2) is 5.36. The van der Waals surface area contributed by atoms with Gasteiger partial charge in [0.25, 0.3) is 5.78 Å². The third-order valence-corrected chi connectivity index (χ3v) is 3.30. The summed E-state index contributed by atoms with van der Waals surface area (Å²) in [5.41, 5.74) is 1.61. The van der Waals surface area contributed by atoms with Gasteiger partial charge >= 0.3 is 5.97 Å². The van der Waals surface area contributed by atoms with Crippen molar-refractivity contribution in [1.82, 2.24) is 4.57 Å². The number of phenols is 1. The Bertz CT molecular complexity index is 685. The molecule has 0 aliphatic rings. The van der Waals surface area contributed by atoms with Crippen LogP contribution in [0.25, 0.3) is 10.9 Å². The number of ether oxygens (including phenoxy) is 1. The molecule has 1 N–H and O–H groups in total. The Morgan fingerprint density at radius 1 is 1.30 bits per heavy atom. The fourth-order valence-corrected chi connectivity index (χ4v) is 2.49. The van der Waals surface area contributed by atoms with Gasteiger partial charge in [-0.15, -0.1) is 0 Å². The van der Waals surface area contributed by atoms with Gasteiger partial charge in [0.1, 0.15) is 11.4 Å². The molecule has 0 unspecified atom stereocenters. The fraction of sp³-hybridized carbons (Fsp3) is 0.333. The predicted molar refractivity (Wildman–Crippen MR) is 75.0 cm³/mol. The van der Waals surface area contributed by atoms with Crippen LogP contribution in [0.1, 0.15) is 29.9 Å². The molecule has 0 spiro atoms. The summed E-state index contributed by atoms with van der Waals surface area (Å²) in [6.07, 6.45) is 0. The van der Waals surface area contributed by atoms with Gasteiger partial charge in [-0.2, -0.15) is 0 Å². The normalized spacial score (nSPS) is 10.8. The average Bonchev–Trinajstić information content (AvgIpc) is 2.72. The molecule has 0 saturated heterocycles. The van der Waals surface area contributed by atoms with Gasteiger partial charge in [-0.05, 0) is 38.5 Å². The molecule has 0 radical (unpaired) electrons. The molecule has 0 amide bonds. The van der Waals surface area contributed by atoms with Crippen LogP contribution in [0.15, 0.2) is 18.2 Å². The summed E-state index contributed by atoms with van der Waals surface area (Å²) in [4.78, 5) is 23.9. The van der Waals surface area contributed by atoms with Crippen LogP contribution in [-0.4, -0.2) is 28.0 Å². The zero-order chi connectivity index (χ0) is 14.9. The highest BCUT2D eigenvalue weighted by molar-refractivity contribution is 6.41. The second-order valence-electron chi connectivity index (χ2n) is 4.44. The van der Waals surface area contributed by atoms with E-state index in [2.05, 4.69) is 0 Å². The van der Waals surface area contributed by atoms with E-state index in [1.54, 1.807) is 30.5 Å². The van der Waals surface area contributed by atoms with Crippen molar-refractivity contribution in [2.24, 2.45) is 0 Å². The number of fused-ring (bicyclic) bond motifs is 1. The molecule has 20 heavy (non-hydrogen) atoms. The van der Waals surface area contributed by atoms with Gasteiger partial charge < -0.3 is 14.4 Å². The number of esters is 1. The Morgan fingerprint density at radius 2 is 2.00 bits per heavy atom. The van der Waals surface area contributed by atoms with Crippen LogP contribution in [0.3, 0.4) is 0 Å². The van der Waals surface area contributed by atoms with Crippen LogP contribution in [-0.2, 0) is 16.1 Å². The van der Waals surface area contributed by atoms with E-state index in [4.69, 9.17) is 4.74 Å². The number of aromatic hydroxyl groups is 1. The highest BCUT2D eigenvalue weighted by atomic mass is 16.5. The quantitative estimate of drug-likeness (QED) is 0.528. The zero-order valence-electron chi connectivity index (χ0n) is 11.8. The molecule has 0 saturated carbocycles. The van der Waals surface area contributed by atoms with Crippen molar-refractivity contribution in [3.8, 4) is 5.75 Å². The predicted octanol–water partition coefficient (Wildman–Crippen LogP) is 2.42. The molecule has 2 aromatic rings. The van der Waals surface area contributed by atoms with Gasteiger partial charge in [-0.1, -0.05) is 6.07 Å². The Morgan fingerprint density at radius 3 is 2.60 bits per heavy atom. The minimum atomic E-state index is -0.868. The molecule has 0 aliphatic heterocycles. The summed E-state index contributed by atoms with van der Waals surface area (Å²) >= 11 is 0. The lowest BCUT2D eigenvalue weighted by Crippen LogP contribution is -2.21. The van der Waals surface area contributed by atoms with Crippen molar-refractivity contribution in [2.75, 3.05) is 6.61 Å². The largest absolute Gasteiger partial charge is 0.507 e. The molecule has 0 bridgehead atoms. The molecule has 2 rings (SSSR count). The summed E-state index contributed by atoms with van der Waals surface area (Å²) in [6.45, 7) is 5.93. The Balaban J connectivity index is 2.70. The minimum Gasteiger partial charge on any atom is -0.507 e. The van der Waals surface area contributed by atoms with E-state index in [9.17, 15) is 14.7 Å². The monoisotopic (exact) mass is 275 g/mol. The summed E-state index contributed by atoms with van der Waals surface area (Å²) in [6, 6.07) is 5.09.